The van der Waals surface area contributed by atoms with Crippen LogP contribution in [-0.4, -0.2) is 11.3 Å². The molecule has 0 aromatic carbocycles. The van der Waals surface area contributed by atoms with E-state index in [1.54, 1.807) is 0 Å². The van der Waals surface area contributed by atoms with Gasteiger partial charge >= 0.3 is 0 Å². The number of nitrogens with one attached hydrogen (secondary N) is 1. The summed E-state index contributed by atoms with van der Waals surface area (Å²) in [5.74, 6) is 0. The van der Waals surface area contributed by atoms with E-state index in [-0.39, 0.29) is 32.4 Å². The summed E-state index contributed by atoms with van der Waals surface area (Å²) >= 11 is 0.395. The first-order valence-corrected chi connectivity index (χ1v) is 3.09. The number of rotatable bonds is 1. The van der Waals surface area contributed by atoms with E-state index in [0.717, 1.165) is 12.8 Å². The van der Waals surface area contributed by atoms with Crippen molar-refractivity contribution in [3.8, 4) is 0 Å². The van der Waals surface area contributed by atoms with E-state index in [1.807, 2.05) is 0 Å². The van der Waals surface area contributed by atoms with Gasteiger partial charge in [0.05, 0.1) is 0 Å². The Morgan fingerprint density at radius 3 is 2.12 bits per heavy atom. The van der Waals surface area contributed by atoms with E-state index in [1.165, 1.54) is 0 Å². The Balaban J connectivity index is 0.000000490. The first-order valence-electron chi connectivity index (χ1n) is 2.31. The first-order chi connectivity index (χ1) is 3.33. The van der Waals surface area contributed by atoms with E-state index in [4.69, 9.17) is 5.73 Å². The monoisotopic (exact) mass is 304 g/mol. The average molecular weight is 304 g/mol. The molecule has 0 aliphatic heterocycles. The molecule has 1 rings (SSSR count). The molecule has 0 atom stereocenters. The van der Waals surface area contributed by atoms with Crippen LogP contribution in [-0.2, 0) is 21.1 Å². The molecule has 1 N–H and O–H groups in total. The van der Waals surface area contributed by atoms with Gasteiger partial charge in [-0.15, -0.1) is 6.04 Å². The van der Waals surface area contributed by atoms with Crippen LogP contribution in [0.2, 0.25) is 0 Å². The van der Waals surface area contributed by atoms with Crippen molar-refractivity contribution in [2.75, 3.05) is 0 Å². The minimum absolute atomic E-state index is 0. The zero-order valence-electron chi connectivity index (χ0n) is 4.26. The van der Waals surface area contributed by atoms with Gasteiger partial charge in [0.15, 0.2) is 0 Å². The third-order valence-corrected chi connectivity index (χ3v) is 1.86. The molecule has 0 amide bonds. The van der Waals surface area contributed by atoms with Crippen LogP contribution in [0, 0.1) is 0 Å². The Hall–Kier alpha value is 0.928. The summed E-state index contributed by atoms with van der Waals surface area (Å²) in [6.45, 7) is 0. The third-order valence-electron chi connectivity index (χ3n) is 1.22. The largest absolute Gasteiger partial charge is 0.675 e. The van der Waals surface area contributed by atoms with Crippen LogP contribution in [0.4, 0.5) is 3.89 Å². The Labute approximate surface area is 67.1 Å². The molecule has 48 valence electrons. The predicted octanol–water partition coefficient (Wildman–Crippen LogP) is 2.18. The summed E-state index contributed by atoms with van der Waals surface area (Å²) in [5, 5.41) is 0.155. The van der Waals surface area contributed by atoms with Crippen molar-refractivity contribution in [1.82, 2.24) is 0 Å². The van der Waals surface area contributed by atoms with Crippen LogP contribution in [0.3, 0.4) is 0 Å². The first kappa shape index (κ1) is 8.93. The Morgan fingerprint density at radius 2 is 2.00 bits per heavy atom. The molecular formula is C4H7FNSW-. The van der Waals surface area contributed by atoms with Gasteiger partial charge in [-0.2, -0.15) is 3.89 Å². The summed E-state index contributed by atoms with van der Waals surface area (Å²) in [5.41, 5.74) is 6.97. The molecule has 0 aromatic heterocycles. The van der Waals surface area contributed by atoms with Crippen LogP contribution in [0.5, 0.6) is 0 Å². The van der Waals surface area contributed by atoms with Gasteiger partial charge in [-0.3, -0.25) is 0 Å². The Bertz CT molecular complexity index is 67.1. The van der Waals surface area contributed by atoms with Gasteiger partial charge in [-0.1, -0.05) is 12.8 Å². The molecule has 1 nitrogen and oxygen atoms in total. The summed E-state index contributed by atoms with van der Waals surface area (Å²) in [7, 11) is 0. The van der Waals surface area contributed by atoms with E-state index in [2.05, 4.69) is 0 Å². The van der Waals surface area contributed by atoms with Crippen LogP contribution in [0.25, 0.3) is 5.73 Å². The number of hydrogen-bond acceptors (Lipinski definition) is 1. The van der Waals surface area contributed by atoms with Crippen LogP contribution in [0.1, 0.15) is 12.8 Å². The fourth-order valence-corrected chi connectivity index (χ4v) is 1.25. The topological polar surface area (TPSA) is 23.8 Å². The third kappa shape index (κ3) is 2.04. The molecule has 1 aliphatic rings. The minimum Gasteiger partial charge on any atom is -0.675 e. The summed E-state index contributed by atoms with van der Waals surface area (Å²) < 4.78 is 11.4. The van der Waals surface area contributed by atoms with Crippen LogP contribution in [0.15, 0.2) is 0 Å². The minimum atomic E-state index is 0. The molecule has 1 saturated carbocycles. The van der Waals surface area contributed by atoms with Gasteiger partial charge in [-0.25, -0.2) is 0 Å². The molecule has 0 bridgehead atoms. The van der Waals surface area contributed by atoms with Crippen molar-refractivity contribution >= 4 is 12.1 Å². The van der Waals surface area contributed by atoms with Crippen molar-refractivity contribution in [3.05, 3.63) is 5.73 Å². The molecule has 8 heavy (non-hydrogen) atoms. The van der Waals surface area contributed by atoms with Gasteiger partial charge in [0, 0.05) is 38.5 Å². The summed E-state index contributed by atoms with van der Waals surface area (Å²) in [4.78, 5) is 0. The second-order valence-corrected chi connectivity index (χ2v) is 2.72. The van der Waals surface area contributed by atoms with Crippen molar-refractivity contribution < 1.29 is 25.0 Å². The van der Waals surface area contributed by atoms with Gasteiger partial charge in [0.25, 0.3) is 0 Å². The molecule has 0 spiro atoms. The van der Waals surface area contributed by atoms with Gasteiger partial charge in [-0.05, 0) is 0 Å². The van der Waals surface area contributed by atoms with Gasteiger partial charge in [0.1, 0.15) is 0 Å². The van der Waals surface area contributed by atoms with Gasteiger partial charge < -0.3 is 5.73 Å². The van der Waals surface area contributed by atoms with Crippen molar-refractivity contribution in [2.45, 2.75) is 24.1 Å². The smallest absolute Gasteiger partial charge is 0.0476 e. The van der Waals surface area contributed by atoms with Crippen LogP contribution >= 0.6 is 12.1 Å². The standard InChI is InChI=1S/C4H7FNS.W/c5-7-4-1-3(6)2-4;/h3-4,6H,1-2H2;/q-1;. The van der Waals surface area contributed by atoms with Gasteiger partial charge in [0.2, 0.25) is 0 Å². The Morgan fingerprint density at radius 1 is 1.50 bits per heavy atom. The van der Waals surface area contributed by atoms with Crippen LogP contribution < -0.4 is 0 Å². The van der Waals surface area contributed by atoms with E-state index in [9.17, 15) is 3.89 Å². The molecule has 0 unspecified atom stereocenters. The molecule has 0 saturated heterocycles. The molecule has 0 radical (unpaired) electrons. The maximum atomic E-state index is 11.4. The van der Waals surface area contributed by atoms with Crippen molar-refractivity contribution in [3.63, 3.8) is 0 Å². The maximum absolute atomic E-state index is 11.4. The van der Waals surface area contributed by atoms with E-state index in [0.29, 0.717) is 12.1 Å². The van der Waals surface area contributed by atoms with Crippen molar-refractivity contribution in [2.24, 2.45) is 0 Å². The zero-order chi connectivity index (χ0) is 5.28. The average Bonchev–Trinajstić information content (AvgIpc) is 1.58. The van der Waals surface area contributed by atoms with E-state index < -0.39 is 0 Å². The second-order valence-electron chi connectivity index (χ2n) is 1.88. The van der Waals surface area contributed by atoms with Crippen molar-refractivity contribution in [1.29, 1.82) is 0 Å². The second kappa shape index (κ2) is 3.86. The maximum Gasteiger partial charge on any atom is 0.0476 e. The number of hydrogen-bond donors (Lipinski definition) is 0. The SMILES string of the molecule is [NH-]C1CC(SF)C1.[W]. The zero-order valence-corrected chi connectivity index (χ0v) is 8.01. The Kier molecular flexibility index (Phi) is 4.31. The molecular weight excluding hydrogens is 297 g/mol. The predicted molar refractivity (Wildman–Crippen MR) is 29.8 cm³/mol. The van der Waals surface area contributed by atoms with E-state index >= 15 is 0 Å². The fourth-order valence-electron chi connectivity index (χ4n) is 0.638. The molecule has 1 fully saturated rings. The normalized spacial score (nSPS) is 35.2. The molecule has 0 aromatic rings. The molecule has 1 aliphatic carbocycles. The summed E-state index contributed by atoms with van der Waals surface area (Å²) in [6.07, 6.45) is 1.50. The number of halogens is 1. The summed E-state index contributed by atoms with van der Waals surface area (Å²) in [6, 6.07) is 0.0354. The quantitative estimate of drug-likeness (QED) is 0.728. The molecule has 4 heteroatoms. The fraction of sp³-hybridized carbons (Fsp3) is 1.00. The molecule has 0 heterocycles.